The number of likely N-dealkylation sites (tertiary alicyclic amines) is 1. The summed E-state index contributed by atoms with van der Waals surface area (Å²) < 4.78 is 5.68. The van der Waals surface area contributed by atoms with Gasteiger partial charge < -0.3 is 10.1 Å². The average molecular weight is 393 g/mol. The third-order valence-corrected chi connectivity index (χ3v) is 5.26. The lowest BCUT2D eigenvalue weighted by molar-refractivity contribution is -0.127. The third-order valence-electron chi connectivity index (χ3n) is 4.46. The van der Waals surface area contributed by atoms with Gasteiger partial charge in [0.2, 0.25) is 0 Å². The van der Waals surface area contributed by atoms with Crippen LogP contribution in [0.15, 0.2) is 48.5 Å². The summed E-state index contributed by atoms with van der Waals surface area (Å²) in [5.74, 6) is 0.270. The van der Waals surface area contributed by atoms with Crippen molar-refractivity contribution in [1.29, 1.82) is 0 Å². The molecule has 1 heterocycles. The molecule has 0 saturated carbocycles. The molecule has 2 aromatic rings. The Morgan fingerprint density at radius 3 is 2.77 bits per heavy atom. The van der Waals surface area contributed by atoms with Crippen molar-refractivity contribution in [3.05, 3.63) is 64.1 Å². The number of amides is 1. The SMILES string of the molecule is CC(Oc1cccc(Cl)c1Cl)C(=O)NC1CCN(Cc2ccccc2)C1. The monoisotopic (exact) mass is 392 g/mol. The van der Waals surface area contributed by atoms with Gasteiger partial charge in [0.1, 0.15) is 10.8 Å². The maximum Gasteiger partial charge on any atom is 0.261 e. The van der Waals surface area contributed by atoms with Gasteiger partial charge in [0, 0.05) is 25.7 Å². The predicted octanol–water partition coefficient (Wildman–Crippen LogP) is 4.15. The summed E-state index contributed by atoms with van der Waals surface area (Å²) in [5, 5.41) is 3.80. The Kier molecular flexibility index (Phi) is 6.41. The number of nitrogens with one attached hydrogen (secondary N) is 1. The topological polar surface area (TPSA) is 41.6 Å². The molecule has 6 heteroatoms. The first-order chi connectivity index (χ1) is 12.5. The summed E-state index contributed by atoms with van der Waals surface area (Å²) in [6, 6.07) is 15.6. The zero-order valence-corrected chi connectivity index (χ0v) is 16.1. The Morgan fingerprint density at radius 1 is 1.23 bits per heavy atom. The van der Waals surface area contributed by atoms with Crippen molar-refractivity contribution in [2.75, 3.05) is 13.1 Å². The van der Waals surface area contributed by atoms with E-state index in [1.165, 1.54) is 5.56 Å². The minimum Gasteiger partial charge on any atom is -0.479 e. The summed E-state index contributed by atoms with van der Waals surface area (Å²) in [7, 11) is 0. The molecule has 0 aliphatic carbocycles. The molecule has 1 saturated heterocycles. The number of benzene rings is 2. The number of ether oxygens (including phenoxy) is 1. The van der Waals surface area contributed by atoms with Crippen LogP contribution in [0.25, 0.3) is 0 Å². The molecule has 1 fully saturated rings. The van der Waals surface area contributed by atoms with Crippen molar-refractivity contribution in [2.24, 2.45) is 0 Å². The molecule has 0 radical (unpaired) electrons. The van der Waals surface area contributed by atoms with Crippen molar-refractivity contribution >= 4 is 29.1 Å². The van der Waals surface area contributed by atoms with Gasteiger partial charge in [-0.1, -0.05) is 59.6 Å². The third kappa shape index (κ3) is 4.91. The molecule has 0 bridgehead atoms. The van der Waals surface area contributed by atoms with Crippen molar-refractivity contribution in [3.8, 4) is 5.75 Å². The van der Waals surface area contributed by atoms with E-state index in [0.717, 1.165) is 26.1 Å². The van der Waals surface area contributed by atoms with Crippen LogP contribution in [-0.2, 0) is 11.3 Å². The lowest BCUT2D eigenvalue weighted by Gasteiger charge is -2.20. The molecule has 0 spiro atoms. The van der Waals surface area contributed by atoms with Crippen molar-refractivity contribution < 1.29 is 9.53 Å². The van der Waals surface area contributed by atoms with Gasteiger partial charge in [-0.15, -0.1) is 0 Å². The first-order valence-electron chi connectivity index (χ1n) is 8.70. The fraction of sp³-hybridized carbons (Fsp3) is 0.350. The average Bonchev–Trinajstić information content (AvgIpc) is 3.06. The van der Waals surface area contributed by atoms with Crippen LogP contribution in [0.4, 0.5) is 0 Å². The molecule has 0 aromatic heterocycles. The highest BCUT2D eigenvalue weighted by atomic mass is 35.5. The summed E-state index contributed by atoms with van der Waals surface area (Å²) in [5.41, 5.74) is 1.28. The molecule has 2 atom stereocenters. The van der Waals surface area contributed by atoms with Crippen LogP contribution >= 0.6 is 23.2 Å². The minimum atomic E-state index is -0.644. The zero-order valence-electron chi connectivity index (χ0n) is 14.6. The van der Waals surface area contributed by atoms with Gasteiger partial charge in [0.15, 0.2) is 6.10 Å². The van der Waals surface area contributed by atoms with Gasteiger partial charge >= 0.3 is 0 Å². The van der Waals surface area contributed by atoms with Crippen LogP contribution in [0.5, 0.6) is 5.75 Å². The number of carbonyl (C=O) groups excluding carboxylic acids is 1. The summed E-state index contributed by atoms with van der Waals surface area (Å²) in [6.45, 7) is 4.42. The van der Waals surface area contributed by atoms with Gasteiger partial charge in [-0.25, -0.2) is 0 Å². The minimum absolute atomic E-state index is 0.132. The molecule has 3 rings (SSSR count). The molecule has 4 nitrogen and oxygen atoms in total. The van der Waals surface area contributed by atoms with E-state index in [1.54, 1.807) is 25.1 Å². The fourth-order valence-electron chi connectivity index (χ4n) is 3.07. The summed E-state index contributed by atoms with van der Waals surface area (Å²) in [4.78, 5) is 14.8. The second-order valence-electron chi connectivity index (χ2n) is 6.53. The number of hydrogen-bond acceptors (Lipinski definition) is 3. The zero-order chi connectivity index (χ0) is 18.5. The molecule has 1 N–H and O–H groups in total. The molecule has 1 aliphatic heterocycles. The smallest absolute Gasteiger partial charge is 0.261 e. The van der Waals surface area contributed by atoms with Crippen molar-refractivity contribution in [3.63, 3.8) is 0 Å². The molecular weight excluding hydrogens is 371 g/mol. The van der Waals surface area contributed by atoms with E-state index >= 15 is 0 Å². The van der Waals surface area contributed by atoms with Gasteiger partial charge in [-0.3, -0.25) is 9.69 Å². The highest BCUT2D eigenvalue weighted by Gasteiger charge is 2.26. The molecule has 1 amide bonds. The van der Waals surface area contributed by atoms with E-state index in [0.29, 0.717) is 15.8 Å². The van der Waals surface area contributed by atoms with Crippen LogP contribution in [0, 0.1) is 0 Å². The van der Waals surface area contributed by atoms with E-state index in [2.05, 4.69) is 22.3 Å². The highest BCUT2D eigenvalue weighted by molar-refractivity contribution is 6.42. The predicted molar refractivity (Wildman–Crippen MR) is 105 cm³/mol. The van der Waals surface area contributed by atoms with Crippen molar-refractivity contribution in [2.45, 2.75) is 32.0 Å². The second kappa shape index (κ2) is 8.76. The van der Waals surface area contributed by atoms with Gasteiger partial charge in [-0.2, -0.15) is 0 Å². The van der Waals surface area contributed by atoms with E-state index < -0.39 is 6.10 Å². The molecule has 1 aliphatic rings. The number of rotatable bonds is 6. The van der Waals surface area contributed by atoms with Crippen LogP contribution in [0.1, 0.15) is 18.9 Å². The number of carbonyl (C=O) groups is 1. The van der Waals surface area contributed by atoms with Crippen LogP contribution in [0.2, 0.25) is 10.0 Å². The first kappa shape index (κ1) is 19.0. The lowest BCUT2D eigenvalue weighted by Crippen LogP contribution is -2.43. The van der Waals surface area contributed by atoms with Gasteiger partial charge in [0.05, 0.1) is 5.02 Å². The quantitative estimate of drug-likeness (QED) is 0.802. The van der Waals surface area contributed by atoms with E-state index in [9.17, 15) is 4.79 Å². The Morgan fingerprint density at radius 2 is 2.00 bits per heavy atom. The molecule has 2 aromatic carbocycles. The Bertz CT molecular complexity index is 755. The number of hydrogen-bond donors (Lipinski definition) is 1. The second-order valence-corrected chi connectivity index (χ2v) is 7.31. The molecular formula is C20H22Cl2N2O2. The van der Waals surface area contributed by atoms with Crippen molar-refractivity contribution in [1.82, 2.24) is 10.2 Å². The Balaban J connectivity index is 1.49. The summed E-state index contributed by atoms with van der Waals surface area (Å²) >= 11 is 12.1. The molecule has 2 unspecified atom stereocenters. The Labute approximate surface area is 164 Å². The largest absolute Gasteiger partial charge is 0.479 e. The molecule has 26 heavy (non-hydrogen) atoms. The normalized spacial score (nSPS) is 18.5. The lowest BCUT2D eigenvalue weighted by atomic mass is 10.2. The van der Waals surface area contributed by atoms with Crippen LogP contribution in [-0.4, -0.2) is 36.0 Å². The standard InChI is InChI=1S/C20H22Cl2N2O2/c1-14(26-18-9-5-8-17(21)19(18)22)20(25)23-16-10-11-24(13-16)12-15-6-3-2-4-7-15/h2-9,14,16H,10-13H2,1H3,(H,23,25). The first-order valence-corrected chi connectivity index (χ1v) is 9.46. The maximum atomic E-state index is 12.4. The number of halogens is 2. The number of nitrogens with zero attached hydrogens (tertiary/aromatic N) is 1. The van der Waals surface area contributed by atoms with E-state index in [1.807, 2.05) is 18.2 Å². The van der Waals surface area contributed by atoms with Gasteiger partial charge in [0.25, 0.3) is 5.91 Å². The maximum absolute atomic E-state index is 12.4. The van der Waals surface area contributed by atoms with Gasteiger partial charge in [-0.05, 0) is 31.0 Å². The highest BCUT2D eigenvalue weighted by Crippen LogP contribution is 2.32. The van der Waals surface area contributed by atoms with E-state index in [4.69, 9.17) is 27.9 Å². The Hall–Kier alpha value is -1.75. The summed E-state index contributed by atoms with van der Waals surface area (Å²) in [6.07, 6.45) is 0.289. The van der Waals surface area contributed by atoms with Crippen LogP contribution < -0.4 is 10.1 Å². The fourth-order valence-corrected chi connectivity index (χ4v) is 3.41. The molecule has 138 valence electrons. The van der Waals surface area contributed by atoms with E-state index in [-0.39, 0.29) is 11.9 Å². The van der Waals surface area contributed by atoms with Crippen LogP contribution in [0.3, 0.4) is 0 Å².